The normalized spacial score (nSPS) is 20.2. The largest absolute Gasteiger partial charge is 2.00 e. The first-order valence-corrected chi connectivity index (χ1v) is 17.3. The number of hydrogen-bond donors (Lipinski definition) is 0. The fourth-order valence-corrected chi connectivity index (χ4v) is 4.21. The van der Waals surface area contributed by atoms with Crippen LogP contribution < -0.4 is 37.3 Å². The zero-order valence-corrected chi connectivity index (χ0v) is 31.5. The summed E-state index contributed by atoms with van der Waals surface area (Å²) in [7, 11) is -9.89. The van der Waals surface area contributed by atoms with Gasteiger partial charge in [-0.1, -0.05) is 12.1 Å². The van der Waals surface area contributed by atoms with Gasteiger partial charge in [0.2, 0.25) is 23.6 Å². The van der Waals surface area contributed by atoms with Crippen molar-refractivity contribution >= 4 is 23.6 Å². The first-order chi connectivity index (χ1) is 22.7. The van der Waals surface area contributed by atoms with E-state index in [2.05, 4.69) is 29.9 Å². The number of rotatable bonds is 4. The molecule has 0 bridgehead atoms. The number of aromatic nitrogens is 2. The minimum absolute atomic E-state index is 0. The molecule has 0 amide bonds. The van der Waals surface area contributed by atoms with Crippen molar-refractivity contribution in [1.82, 2.24) is 9.97 Å². The predicted octanol–water partition coefficient (Wildman–Crippen LogP) is -5.13. The van der Waals surface area contributed by atoms with E-state index < -0.39 is 20.5 Å². The van der Waals surface area contributed by atoms with Crippen LogP contribution in [0.25, 0.3) is 0 Å². The van der Waals surface area contributed by atoms with Crippen molar-refractivity contribution in [3.63, 3.8) is 0 Å². The number of pyridine rings is 2. The number of ether oxygens (including phenoxy) is 4. The Morgan fingerprint density at radius 1 is 0.431 bits per heavy atom. The first kappa shape index (κ1) is 44.1. The molecular weight excluding hydrogens is 766 g/mol. The molecule has 0 unspecified atom stereocenters. The summed E-state index contributed by atoms with van der Waals surface area (Å²) in [5, 5.41) is 0. The third kappa shape index (κ3) is 16.0. The van der Waals surface area contributed by atoms with Crippen LogP contribution in [-0.2, 0) is 35.7 Å². The van der Waals surface area contributed by atoms with Crippen molar-refractivity contribution in [2.45, 2.75) is 77.5 Å². The van der Waals surface area contributed by atoms with Crippen molar-refractivity contribution in [1.29, 1.82) is 0 Å². The molecule has 0 saturated heterocycles. The van der Waals surface area contributed by atoms with Crippen LogP contribution >= 0.6 is 0 Å². The first-order valence-electron chi connectivity index (χ1n) is 14.8. The second-order valence-corrected chi connectivity index (χ2v) is 15.2. The molecule has 6 heterocycles. The molecule has 0 aromatic carbocycles. The molecule has 18 nitrogen and oxygen atoms in total. The topological polar surface area (TPSA) is 297 Å². The van der Waals surface area contributed by atoms with E-state index in [0.29, 0.717) is 50.0 Å². The third-order valence-corrected chi connectivity index (χ3v) is 6.24. The third-order valence-electron chi connectivity index (χ3n) is 6.24. The van der Waals surface area contributed by atoms with Gasteiger partial charge in [0, 0.05) is 0 Å². The predicted molar refractivity (Wildman–Crippen MR) is 155 cm³/mol. The summed E-state index contributed by atoms with van der Waals surface area (Å²) in [6.07, 6.45) is 0. The van der Waals surface area contributed by atoms with E-state index in [0.717, 1.165) is 22.8 Å². The molecule has 2 aromatic rings. The van der Waals surface area contributed by atoms with Gasteiger partial charge in [-0.2, -0.15) is 0 Å². The molecule has 1 radical (unpaired) electrons. The Bertz CT molecular complexity index is 1410. The van der Waals surface area contributed by atoms with E-state index in [4.69, 9.17) is 56.2 Å². The average molecular weight is 805 g/mol. The monoisotopic (exact) mass is 803 g/mol. The van der Waals surface area contributed by atoms with Crippen molar-refractivity contribution < 1.29 is 93.5 Å². The molecule has 0 fully saturated rings. The molecule has 283 valence electrons. The van der Waals surface area contributed by atoms with Crippen molar-refractivity contribution in [3.8, 4) is 0 Å². The molecule has 0 atom stereocenters. The molecule has 0 aliphatic carbocycles. The SMILES string of the molecule is CC1(C)COC(c2cccc(C3=NC(C)(C)CO3)n2)=N1.CC1(C)COC(c2cccc(C3=NC(C)(C)CO3)n2)=N1.[Co+2].[O-][Cl+3]([O-])([O-])[O-].[O-][Cl+3]([O-])([O-])[O-]. The zero-order valence-electron chi connectivity index (χ0n) is 29.0. The summed E-state index contributed by atoms with van der Waals surface area (Å²) in [5.41, 5.74) is 2.17. The Balaban J connectivity index is 0.000000276. The molecule has 6 rings (SSSR count). The van der Waals surface area contributed by atoms with E-state index in [1.807, 2.05) is 91.8 Å². The molecule has 4 aliphatic heterocycles. The Kier molecular flexibility index (Phi) is 14.5. The zero-order chi connectivity index (χ0) is 37.8. The van der Waals surface area contributed by atoms with Crippen molar-refractivity contribution in [2.75, 3.05) is 26.4 Å². The van der Waals surface area contributed by atoms with Crippen LogP contribution in [0.2, 0.25) is 0 Å². The molecule has 2 aromatic heterocycles. The van der Waals surface area contributed by atoms with Gasteiger partial charge in [0.1, 0.15) is 49.2 Å². The Morgan fingerprint density at radius 3 is 0.745 bits per heavy atom. The van der Waals surface area contributed by atoms with Gasteiger partial charge in [0.05, 0.1) is 22.2 Å². The number of hydrogen-bond acceptors (Lipinski definition) is 18. The maximum absolute atomic E-state index is 8.49. The van der Waals surface area contributed by atoms with Crippen LogP contribution in [0.1, 0.15) is 78.2 Å². The fourth-order valence-electron chi connectivity index (χ4n) is 4.21. The smallest absolute Gasteiger partial charge is 0.474 e. The maximum atomic E-state index is 8.49. The molecule has 0 N–H and O–H groups in total. The van der Waals surface area contributed by atoms with Gasteiger partial charge in [0.25, 0.3) is 0 Å². The van der Waals surface area contributed by atoms with Gasteiger partial charge >= 0.3 is 16.8 Å². The average Bonchev–Trinajstić information content (AvgIpc) is 3.72. The summed E-state index contributed by atoms with van der Waals surface area (Å²) in [4.78, 5) is 27.3. The Hall–Kier alpha value is -3.05. The molecule has 0 saturated carbocycles. The van der Waals surface area contributed by atoms with Crippen LogP contribution in [-0.4, -0.2) is 82.1 Å². The number of aliphatic imine (C=N–C) groups is 4. The summed E-state index contributed by atoms with van der Waals surface area (Å²) >= 11 is 0. The van der Waals surface area contributed by atoms with Gasteiger partial charge in [-0.05, 0) is 79.7 Å². The minimum atomic E-state index is -4.94. The van der Waals surface area contributed by atoms with E-state index in [9.17, 15) is 0 Å². The second-order valence-electron chi connectivity index (χ2n) is 13.6. The summed E-state index contributed by atoms with van der Waals surface area (Å²) in [5.74, 6) is 2.37. The van der Waals surface area contributed by atoms with Crippen LogP contribution in [0.15, 0.2) is 56.4 Å². The minimum Gasteiger partial charge on any atom is -0.474 e. The molecule has 51 heavy (non-hydrogen) atoms. The van der Waals surface area contributed by atoms with Crippen LogP contribution in [0, 0.1) is 20.5 Å². The Labute approximate surface area is 309 Å². The van der Waals surface area contributed by atoms with Crippen molar-refractivity contribution in [3.05, 3.63) is 59.2 Å². The second kappa shape index (κ2) is 16.7. The van der Waals surface area contributed by atoms with E-state index in [1.165, 1.54) is 0 Å². The standard InChI is InChI=1S/2C15H19N3O2.2ClHO4.Co/c2*1-14(2)8-19-12(17-14)10-6-5-7-11(16-10)13-18-15(3,4)9-20-13;2*2-1(3,4)5;/h2*5-7H,8-9H2,1-4H3;2*(H,2,3,4,5);/q;;;;+2/p-2. The fraction of sp³-hybridized carbons (Fsp3) is 0.533. The summed E-state index contributed by atoms with van der Waals surface area (Å²) in [6, 6.07) is 11.4. The van der Waals surface area contributed by atoms with Gasteiger partial charge < -0.3 is 18.9 Å². The van der Waals surface area contributed by atoms with Crippen LogP contribution in [0.5, 0.6) is 0 Å². The van der Waals surface area contributed by atoms with Gasteiger partial charge in [-0.15, -0.1) is 20.5 Å². The summed E-state index contributed by atoms with van der Waals surface area (Å²) < 4.78 is 90.4. The summed E-state index contributed by atoms with van der Waals surface area (Å²) in [6.45, 7) is 18.6. The number of nitrogens with zero attached hydrogens (tertiary/aromatic N) is 6. The van der Waals surface area contributed by atoms with E-state index in [1.54, 1.807) is 0 Å². The van der Waals surface area contributed by atoms with E-state index in [-0.39, 0.29) is 38.9 Å². The maximum Gasteiger partial charge on any atom is 2.00 e. The van der Waals surface area contributed by atoms with Gasteiger partial charge in [-0.25, -0.2) is 67.2 Å². The molecule has 4 aliphatic rings. The Morgan fingerprint density at radius 2 is 0.608 bits per heavy atom. The molecule has 0 spiro atoms. The quantitative estimate of drug-likeness (QED) is 0.279. The van der Waals surface area contributed by atoms with Crippen LogP contribution in [0.4, 0.5) is 0 Å². The van der Waals surface area contributed by atoms with Gasteiger partial charge in [0.15, 0.2) is 0 Å². The van der Waals surface area contributed by atoms with Gasteiger partial charge in [-0.3, -0.25) is 0 Å². The molecular formula is C30H38Cl2CoN6O12. The number of halogens is 2. The van der Waals surface area contributed by atoms with Crippen LogP contribution in [0.3, 0.4) is 0 Å². The van der Waals surface area contributed by atoms with E-state index >= 15 is 0 Å². The molecule has 21 heteroatoms. The van der Waals surface area contributed by atoms with Crippen molar-refractivity contribution in [2.24, 2.45) is 20.0 Å².